The van der Waals surface area contributed by atoms with Gasteiger partial charge in [-0.2, -0.15) is 0 Å². The van der Waals surface area contributed by atoms with E-state index in [2.05, 4.69) is 152 Å². The smallest absolute Gasteiger partial charge is 0.508 e. The normalized spacial score (nSPS) is 11.8. The first-order chi connectivity index (χ1) is 25.4. The second kappa shape index (κ2) is 13.8. The fourth-order valence-corrected chi connectivity index (χ4v) is 7.21. The SMILES string of the molecule is Cc1ccc(-c2c3nc(c(-c4ccc(C)cc4)c4ccc([nH]4)c(-c4ccc(O)cc4)c4nc(c(-c5ccc(C)cc5)c5ccc2[nH]5)C=C4)C=C3)cc1.[Zn+2]. The summed E-state index contributed by atoms with van der Waals surface area (Å²) in [7, 11) is 0. The largest absolute Gasteiger partial charge is 2.00 e. The number of hydrogen-bond acceptors (Lipinski definition) is 3. The Bertz CT molecular complexity index is 2360. The minimum atomic E-state index is 0. The minimum Gasteiger partial charge on any atom is -0.508 e. The van der Waals surface area contributed by atoms with E-state index in [4.69, 9.17) is 9.97 Å². The first kappa shape index (κ1) is 34.0. The number of fused-ring (bicyclic) bond motifs is 8. The van der Waals surface area contributed by atoms with Gasteiger partial charge in [-0.25, -0.2) is 9.97 Å². The number of phenols is 1. The molecule has 8 bridgehead atoms. The number of aromatic hydroxyl groups is 1. The molecule has 0 atom stereocenters. The number of rotatable bonds is 4. The van der Waals surface area contributed by atoms with Gasteiger partial charge in [0.1, 0.15) is 5.75 Å². The maximum atomic E-state index is 10.2. The van der Waals surface area contributed by atoms with Gasteiger partial charge in [0.15, 0.2) is 0 Å². The van der Waals surface area contributed by atoms with Crippen LogP contribution in [0.15, 0.2) is 121 Å². The van der Waals surface area contributed by atoms with Crippen LogP contribution in [0.1, 0.15) is 39.5 Å². The fourth-order valence-electron chi connectivity index (χ4n) is 7.21. The minimum absolute atomic E-state index is 0. The Morgan fingerprint density at radius 3 is 0.868 bits per heavy atom. The summed E-state index contributed by atoms with van der Waals surface area (Å²) in [4.78, 5) is 18.3. The number of phenolic OH excluding ortho intramolecular Hbond substituents is 1. The summed E-state index contributed by atoms with van der Waals surface area (Å²) in [6.07, 6.45) is 8.45. The number of nitrogens with one attached hydrogen (secondary N) is 2. The third-order valence-corrected chi connectivity index (χ3v) is 9.93. The number of benzene rings is 4. The van der Waals surface area contributed by atoms with E-state index in [0.29, 0.717) is 0 Å². The van der Waals surface area contributed by atoms with Gasteiger partial charge >= 0.3 is 19.5 Å². The summed E-state index contributed by atoms with van der Waals surface area (Å²) >= 11 is 0. The van der Waals surface area contributed by atoms with Crippen LogP contribution in [0.25, 0.3) is 90.9 Å². The van der Waals surface area contributed by atoms with Crippen LogP contribution in [0, 0.1) is 20.8 Å². The van der Waals surface area contributed by atoms with Gasteiger partial charge in [-0.1, -0.05) is 102 Å². The molecule has 0 saturated carbocycles. The van der Waals surface area contributed by atoms with Gasteiger partial charge in [0.05, 0.1) is 22.8 Å². The average molecular weight is 738 g/mol. The molecule has 0 unspecified atom stereocenters. The molecule has 5 nitrogen and oxygen atoms in total. The Balaban J connectivity index is 0.00000400. The van der Waals surface area contributed by atoms with E-state index in [9.17, 15) is 5.11 Å². The van der Waals surface area contributed by atoms with Crippen molar-refractivity contribution in [2.45, 2.75) is 20.8 Å². The summed E-state index contributed by atoms with van der Waals surface area (Å²) in [5.74, 6) is 0.216. The molecule has 0 radical (unpaired) electrons. The van der Waals surface area contributed by atoms with Gasteiger partial charge in [0.2, 0.25) is 0 Å². The Hall–Kier alpha value is -6.10. The molecule has 7 aromatic rings. The molecular weight excluding hydrogens is 702 g/mol. The zero-order chi connectivity index (χ0) is 35.3. The van der Waals surface area contributed by atoms with Crippen molar-refractivity contribution in [3.05, 3.63) is 161 Å². The van der Waals surface area contributed by atoms with E-state index < -0.39 is 0 Å². The van der Waals surface area contributed by atoms with Crippen LogP contribution in [0.2, 0.25) is 0 Å². The van der Waals surface area contributed by atoms with Gasteiger partial charge in [0.25, 0.3) is 0 Å². The van der Waals surface area contributed by atoms with Gasteiger partial charge in [-0.15, -0.1) is 0 Å². The standard InChI is InChI=1S/C47H36N4O.Zn/c1-28-4-10-31(11-5-28)44-36-20-22-38(48-36)45(32-12-6-29(2)7-13-32)40-24-26-42(50-40)47(34-16-18-35(52)19-17-34)43-27-25-41(51-43)46(39-23-21-37(44)49-39)33-14-8-30(3)9-15-33;/h4-27,48,51-52H,1-3H3;/q;+2. The van der Waals surface area contributed by atoms with E-state index in [0.717, 1.165) is 89.4 Å². The summed E-state index contributed by atoms with van der Waals surface area (Å²) < 4.78 is 0. The number of hydrogen-bond donors (Lipinski definition) is 3. The topological polar surface area (TPSA) is 77.6 Å². The van der Waals surface area contributed by atoms with Crippen LogP contribution < -0.4 is 0 Å². The van der Waals surface area contributed by atoms with Crippen LogP contribution in [0.3, 0.4) is 0 Å². The van der Waals surface area contributed by atoms with Gasteiger partial charge in [0, 0.05) is 44.3 Å². The zero-order valence-corrected chi connectivity index (χ0v) is 32.9. The van der Waals surface area contributed by atoms with Crippen molar-refractivity contribution < 1.29 is 24.6 Å². The molecule has 2 aliphatic rings. The summed E-state index contributed by atoms with van der Waals surface area (Å²) in [6, 6.07) is 41.8. The van der Waals surface area contributed by atoms with Crippen LogP contribution in [-0.2, 0) is 19.5 Å². The van der Waals surface area contributed by atoms with Gasteiger partial charge < -0.3 is 15.1 Å². The molecular formula is C47H36N4OZn+2. The molecule has 0 saturated heterocycles. The van der Waals surface area contributed by atoms with Gasteiger partial charge in [-0.05, 0) is 104 Å². The van der Waals surface area contributed by atoms with E-state index in [1.807, 2.05) is 12.1 Å². The van der Waals surface area contributed by atoms with Crippen molar-refractivity contribution >= 4 is 46.4 Å². The predicted octanol–water partition coefficient (Wildman–Crippen LogP) is 12.0. The number of aryl methyl sites for hydroxylation is 3. The van der Waals surface area contributed by atoms with Gasteiger partial charge in [-0.3, -0.25) is 0 Å². The van der Waals surface area contributed by atoms with E-state index in [-0.39, 0.29) is 25.2 Å². The summed E-state index contributed by atoms with van der Waals surface area (Å²) in [5, 5.41) is 10.2. The summed E-state index contributed by atoms with van der Waals surface area (Å²) in [6.45, 7) is 6.32. The second-order valence-corrected chi connectivity index (χ2v) is 13.6. The Labute approximate surface area is 321 Å². The molecule has 0 fully saturated rings. The van der Waals surface area contributed by atoms with Crippen LogP contribution in [-0.4, -0.2) is 25.0 Å². The molecule has 2 aliphatic heterocycles. The van der Waals surface area contributed by atoms with Crippen LogP contribution >= 0.6 is 0 Å². The molecule has 3 aromatic heterocycles. The maximum Gasteiger partial charge on any atom is 2.00 e. The molecule has 250 valence electrons. The Kier molecular flexibility index (Phi) is 8.85. The molecule has 0 amide bonds. The molecule has 6 heteroatoms. The van der Waals surface area contributed by atoms with Crippen molar-refractivity contribution in [3.63, 3.8) is 0 Å². The monoisotopic (exact) mass is 736 g/mol. The van der Waals surface area contributed by atoms with Crippen molar-refractivity contribution in [1.82, 2.24) is 19.9 Å². The van der Waals surface area contributed by atoms with Crippen molar-refractivity contribution in [1.29, 1.82) is 0 Å². The Morgan fingerprint density at radius 1 is 0.358 bits per heavy atom. The number of aromatic nitrogens is 4. The van der Waals surface area contributed by atoms with E-state index >= 15 is 0 Å². The molecule has 4 aromatic carbocycles. The quantitative estimate of drug-likeness (QED) is 0.157. The number of H-pyrrole nitrogens is 2. The molecule has 5 heterocycles. The fraction of sp³-hybridized carbons (Fsp3) is 0.0638. The molecule has 9 rings (SSSR count). The van der Waals surface area contributed by atoms with Crippen molar-refractivity contribution in [3.8, 4) is 50.3 Å². The van der Waals surface area contributed by atoms with Crippen LogP contribution in [0.4, 0.5) is 0 Å². The predicted molar refractivity (Wildman–Crippen MR) is 216 cm³/mol. The van der Waals surface area contributed by atoms with Crippen molar-refractivity contribution in [2.24, 2.45) is 0 Å². The summed E-state index contributed by atoms with van der Waals surface area (Å²) in [5.41, 5.74) is 19.0. The Morgan fingerprint density at radius 2 is 0.604 bits per heavy atom. The first-order valence-electron chi connectivity index (χ1n) is 17.5. The van der Waals surface area contributed by atoms with Crippen LogP contribution in [0.5, 0.6) is 5.75 Å². The van der Waals surface area contributed by atoms with Crippen molar-refractivity contribution in [2.75, 3.05) is 0 Å². The molecule has 53 heavy (non-hydrogen) atoms. The molecule has 0 spiro atoms. The van der Waals surface area contributed by atoms with E-state index in [1.54, 1.807) is 12.1 Å². The maximum absolute atomic E-state index is 10.2. The molecule has 3 N–H and O–H groups in total. The molecule has 0 aliphatic carbocycles. The number of nitrogens with zero attached hydrogens (tertiary/aromatic N) is 2. The zero-order valence-electron chi connectivity index (χ0n) is 29.9. The number of aromatic amines is 2. The average Bonchev–Trinajstić information content (AvgIpc) is 3.99. The first-order valence-corrected chi connectivity index (χ1v) is 17.5. The third kappa shape index (κ3) is 6.36. The van der Waals surface area contributed by atoms with E-state index in [1.165, 1.54) is 16.7 Å². The third-order valence-electron chi connectivity index (χ3n) is 9.93. The second-order valence-electron chi connectivity index (χ2n) is 13.6.